The lowest BCUT2D eigenvalue weighted by molar-refractivity contribution is -0.132. The van der Waals surface area contributed by atoms with E-state index in [1.54, 1.807) is 14.1 Å². The van der Waals surface area contributed by atoms with E-state index in [0.717, 1.165) is 36.8 Å². The van der Waals surface area contributed by atoms with Crippen LogP contribution in [0.2, 0.25) is 0 Å². The van der Waals surface area contributed by atoms with E-state index in [9.17, 15) is 14.4 Å². The first-order valence-electron chi connectivity index (χ1n) is 12.4. The SMILES string of the molecule is C=C(NC(=S)C1CCC(C(=O)CCC(=O)N(C)C)CC1)C(=O)Nc1ccccc1-c1ccc(C)cc1. The van der Waals surface area contributed by atoms with E-state index in [2.05, 4.69) is 17.2 Å². The van der Waals surface area contributed by atoms with Crippen molar-refractivity contribution in [1.29, 1.82) is 0 Å². The van der Waals surface area contributed by atoms with Crippen LogP contribution in [0.15, 0.2) is 60.8 Å². The van der Waals surface area contributed by atoms with Crippen LogP contribution in [-0.4, -0.2) is 41.6 Å². The third-order valence-corrected chi connectivity index (χ3v) is 7.16. The molecule has 1 fully saturated rings. The Morgan fingerprint density at radius 1 is 0.944 bits per heavy atom. The fourth-order valence-electron chi connectivity index (χ4n) is 4.42. The summed E-state index contributed by atoms with van der Waals surface area (Å²) >= 11 is 5.58. The fourth-order valence-corrected chi connectivity index (χ4v) is 4.78. The van der Waals surface area contributed by atoms with Crippen molar-refractivity contribution in [3.05, 3.63) is 66.4 Å². The third-order valence-electron chi connectivity index (χ3n) is 6.72. The van der Waals surface area contributed by atoms with E-state index < -0.39 is 0 Å². The van der Waals surface area contributed by atoms with Crippen molar-refractivity contribution in [2.45, 2.75) is 45.4 Å². The molecule has 2 aromatic carbocycles. The largest absolute Gasteiger partial charge is 0.349 e. The predicted molar refractivity (Wildman–Crippen MR) is 149 cm³/mol. The van der Waals surface area contributed by atoms with Gasteiger partial charge in [0.2, 0.25) is 5.91 Å². The van der Waals surface area contributed by atoms with Crippen LogP contribution >= 0.6 is 12.2 Å². The molecule has 3 rings (SSSR count). The van der Waals surface area contributed by atoms with E-state index in [4.69, 9.17) is 12.2 Å². The summed E-state index contributed by atoms with van der Waals surface area (Å²) in [7, 11) is 3.39. The minimum absolute atomic E-state index is 0.0243. The highest BCUT2D eigenvalue weighted by atomic mass is 32.1. The molecule has 1 aliphatic carbocycles. The smallest absolute Gasteiger partial charge is 0.271 e. The Morgan fingerprint density at radius 2 is 1.56 bits per heavy atom. The van der Waals surface area contributed by atoms with E-state index in [1.807, 2.05) is 55.5 Å². The number of hydrogen-bond donors (Lipinski definition) is 2. The number of amides is 2. The maximum Gasteiger partial charge on any atom is 0.271 e. The number of aryl methyl sites for hydroxylation is 1. The standard InChI is InChI=1S/C29H35N3O3S/c1-19-9-11-21(12-10-19)24-7-5-6-8-25(24)31-28(35)20(2)30-29(36)23-15-13-22(14-16-23)26(33)17-18-27(34)32(3)4/h5-12,22-23H,2,13-18H2,1,3-4H3,(H,30,36)(H,31,35). The van der Waals surface area contributed by atoms with Crippen LogP contribution in [0, 0.1) is 18.8 Å². The molecule has 7 heteroatoms. The number of thiocarbonyl (C=S) groups is 1. The molecule has 0 aliphatic heterocycles. The van der Waals surface area contributed by atoms with Gasteiger partial charge in [0.05, 0.1) is 10.7 Å². The van der Waals surface area contributed by atoms with Crippen LogP contribution in [0.1, 0.15) is 44.1 Å². The molecule has 0 unspecified atom stereocenters. The molecule has 2 amide bonds. The van der Waals surface area contributed by atoms with Gasteiger partial charge < -0.3 is 15.5 Å². The van der Waals surface area contributed by atoms with Gasteiger partial charge in [-0.1, -0.05) is 66.8 Å². The summed E-state index contributed by atoms with van der Waals surface area (Å²) in [6.45, 7) is 5.93. The molecule has 1 aliphatic rings. The topological polar surface area (TPSA) is 78.5 Å². The van der Waals surface area contributed by atoms with Crippen molar-refractivity contribution in [1.82, 2.24) is 10.2 Å². The van der Waals surface area contributed by atoms with Gasteiger partial charge in [0.15, 0.2) is 0 Å². The number of carbonyl (C=O) groups is 3. The second kappa shape index (κ2) is 12.6. The first-order valence-corrected chi connectivity index (χ1v) is 12.8. The van der Waals surface area contributed by atoms with E-state index >= 15 is 0 Å². The molecule has 1 saturated carbocycles. The Morgan fingerprint density at radius 3 is 2.19 bits per heavy atom. The number of nitrogens with zero attached hydrogens (tertiary/aromatic N) is 1. The number of anilines is 1. The second-order valence-corrected chi connectivity index (χ2v) is 10.1. The molecule has 190 valence electrons. The maximum absolute atomic E-state index is 12.9. The highest BCUT2D eigenvalue weighted by molar-refractivity contribution is 7.80. The van der Waals surface area contributed by atoms with Crippen LogP contribution in [0.3, 0.4) is 0 Å². The number of para-hydroxylation sites is 1. The van der Waals surface area contributed by atoms with Crippen molar-refractivity contribution in [2.24, 2.45) is 11.8 Å². The summed E-state index contributed by atoms with van der Waals surface area (Å²) in [6, 6.07) is 15.8. The minimum Gasteiger partial charge on any atom is -0.349 e. The summed E-state index contributed by atoms with van der Waals surface area (Å²) in [5, 5.41) is 5.97. The lowest BCUT2D eigenvalue weighted by Crippen LogP contribution is -2.36. The zero-order valence-electron chi connectivity index (χ0n) is 21.3. The molecule has 36 heavy (non-hydrogen) atoms. The predicted octanol–water partition coefficient (Wildman–Crippen LogP) is 5.28. The zero-order chi connectivity index (χ0) is 26.2. The quantitative estimate of drug-likeness (QED) is 0.358. The Labute approximate surface area is 219 Å². The van der Waals surface area contributed by atoms with Gasteiger partial charge in [-0.15, -0.1) is 0 Å². The molecule has 2 N–H and O–H groups in total. The van der Waals surface area contributed by atoms with E-state index in [0.29, 0.717) is 10.7 Å². The summed E-state index contributed by atoms with van der Waals surface area (Å²) in [6.07, 6.45) is 3.57. The van der Waals surface area contributed by atoms with Gasteiger partial charge in [-0.25, -0.2) is 0 Å². The number of carbonyl (C=O) groups excluding carboxylic acids is 3. The molecule has 6 nitrogen and oxygen atoms in total. The third kappa shape index (κ3) is 7.34. The highest BCUT2D eigenvalue weighted by Crippen LogP contribution is 2.31. The molecule has 0 heterocycles. The zero-order valence-corrected chi connectivity index (χ0v) is 22.1. The van der Waals surface area contributed by atoms with Crippen molar-refractivity contribution < 1.29 is 14.4 Å². The number of ketones is 1. The van der Waals surface area contributed by atoms with Crippen LogP contribution in [-0.2, 0) is 14.4 Å². The highest BCUT2D eigenvalue weighted by Gasteiger charge is 2.29. The van der Waals surface area contributed by atoms with Crippen molar-refractivity contribution in [3.8, 4) is 11.1 Å². The molecule has 0 aromatic heterocycles. The average Bonchev–Trinajstić information content (AvgIpc) is 2.87. The first kappa shape index (κ1) is 27.3. The average molecular weight is 506 g/mol. The Balaban J connectivity index is 1.50. The number of rotatable bonds is 9. The van der Waals surface area contributed by atoms with Gasteiger partial charge in [-0.2, -0.15) is 0 Å². The number of benzene rings is 2. The monoisotopic (exact) mass is 505 g/mol. The van der Waals surface area contributed by atoms with Crippen LogP contribution in [0.25, 0.3) is 11.1 Å². The van der Waals surface area contributed by atoms with Crippen LogP contribution in [0.4, 0.5) is 5.69 Å². The number of nitrogens with one attached hydrogen (secondary N) is 2. The molecule has 0 spiro atoms. The lowest BCUT2D eigenvalue weighted by atomic mass is 9.79. The Hall–Kier alpha value is -3.32. The van der Waals surface area contributed by atoms with Crippen LogP contribution in [0.5, 0.6) is 0 Å². The van der Waals surface area contributed by atoms with Crippen molar-refractivity contribution >= 4 is 40.5 Å². The van der Waals surface area contributed by atoms with Gasteiger partial charge in [-0.3, -0.25) is 14.4 Å². The molecular weight excluding hydrogens is 470 g/mol. The molecule has 0 radical (unpaired) electrons. The summed E-state index contributed by atoms with van der Waals surface area (Å²) < 4.78 is 0. The van der Waals surface area contributed by atoms with Crippen molar-refractivity contribution in [2.75, 3.05) is 19.4 Å². The molecular formula is C29H35N3O3S. The molecule has 0 saturated heterocycles. The summed E-state index contributed by atoms with van der Waals surface area (Å²) in [4.78, 5) is 39.2. The number of hydrogen-bond acceptors (Lipinski definition) is 4. The van der Waals surface area contributed by atoms with Crippen molar-refractivity contribution in [3.63, 3.8) is 0 Å². The van der Waals surface area contributed by atoms with Crippen LogP contribution < -0.4 is 10.6 Å². The normalized spacial score (nSPS) is 17.1. The van der Waals surface area contributed by atoms with E-state index in [-0.39, 0.29) is 48.0 Å². The molecule has 2 aromatic rings. The lowest BCUT2D eigenvalue weighted by Gasteiger charge is -2.28. The fraction of sp³-hybridized carbons (Fsp3) is 0.379. The van der Waals surface area contributed by atoms with Gasteiger partial charge >= 0.3 is 0 Å². The summed E-state index contributed by atoms with van der Waals surface area (Å²) in [5.74, 6) is -0.147. The Kier molecular flexibility index (Phi) is 9.53. The number of Topliss-reactive ketones (excluding diaryl/α,β-unsaturated/α-hetero) is 1. The minimum atomic E-state index is -0.341. The van der Waals surface area contributed by atoms with Gasteiger partial charge in [0, 0.05) is 50.0 Å². The Bertz CT molecular complexity index is 1130. The molecule has 0 bridgehead atoms. The first-order chi connectivity index (χ1) is 17.2. The van der Waals surface area contributed by atoms with Gasteiger partial charge in [0.1, 0.15) is 5.78 Å². The van der Waals surface area contributed by atoms with Gasteiger partial charge in [-0.05, 0) is 44.2 Å². The molecule has 0 atom stereocenters. The second-order valence-electron chi connectivity index (χ2n) is 9.64. The summed E-state index contributed by atoms with van der Waals surface area (Å²) in [5.41, 5.74) is 4.01. The maximum atomic E-state index is 12.9. The van der Waals surface area contributed by atoms with E-state index in [1.165, 1.54) is 10.5 Å². The van der Waals surface area contributed by atoms with Gasteiger partial charge in [0.25, 0.3) is 5.91 Å².